The Morgan fingerprint density at radius 1 is 1.29 bits per heavy atom. The molecule has 0 radical (unpaired) electrons. The van der Waals surface area contributed by atoms with Crippen molar-refractivity contribution in [3.05, 3.63) is 59.9 Å². The molecular formula is C12H12N2. The lowest BCUT2D eigenvalue weighted by molar-refractivity contribution is 1.07. The number of hydrogen-bond donors (Lipinski definition) is 1. The van der Waals surface area contributed by atoms with Crippen molar-refractivity contribution < 1.29 is 0 Å². The Morgan fingerprint density at radius 3 is 2.71 bits per heavy atom. The first kappa shape index (κ1) is 8.75. The Hall–Kier alpha value is -1.83. The minimum atomic E-state index is 0.902. The number of hydrogen-bond acceptors (Lipinski definition) is 1. The van der Waals surface area contributed by atoms with Gasteiger partial charge in [-0.15, -0.1) is 0 Å². The lowest BCUT2D eigenvalue weighted by Gasteiger charge is -2.05. The summed E-state index contributed by atoms with van der Waals surface area (Å²) in [5, 5.41) is 6.90. The van der Waals surface area contributed by atoms with E-state index in [1.807, 2.05) is 18.2 Å². The molecule has 0 aliphatic carbocycles. The summed E-state index contributed by atoms with van der Waals surface area (Å²) in [5.74, 6) is 0. The lowest BCUT2D eigenvalue weighted by Crippen LogP contribution is -1.89. The summed E-state index contributed by atoms with van der Waals surface area (Å²) < 4.78 is 0. The van der Waals surface area contributed by atoms with E-state index in [0.29, 0.717) is 0 Å². The largest absolute Gasteiger partial charge is 0.285 e. The molecule has 0 aliphatic rings. The van der Waals surface area contributed by atoms with E-state index in [1.54, 1.807) is 6.20 Å². The smallest absolute Gasteiger partial charge is 0.0920 e. The summed E-state index contributed by atoms with van der Waals surface area (Å²) >= 11 is 0. The molecule has 2 rings (SSSR count). The van der Waals surface area contributed by atoms with E-state index in [4.69, 9.17) is 0 Å². The molecule has 70 valence electrons. The molecule has 0 spiro atoms. The molecule has 14 heavy (non-hydrogen) atoms. The van der Waals surface area contributed by atoms with Gasteiger partial charge in [0.15, 0.2) is 0 Å². The Kier molecular flexibility index (Phi) is 2.19. The molecule has 1 heterocycles. The van der Waals surface area contributed by atoms with E-state index in [2.05, 4.69) is 35.8 Å². The third-order valence-electron chi connectivity index (χ3n) is 2.28. The highest BCUT2D eigenvalue weighted by Gasteiger charge is 2.05. The van der Waals surface area contributed by atoms with E-state index >= 15 is 0 Å². The maximum absolute atomic E-state index is 4.11. The molecular weight excluding hydrogens is 172 g/mol. The van der Waals surface area contributed by atoms with Gasteiger partial charge < -0.3 is 0 Å². The Labute approximate surface area is 83.3 Å². The van der Waals surface area contributed by atoms with Gasteiger partial charge in [0.1, 0.15) is 0 Å². The maximum atomic E-state index is 4.11. The third-order valence-corrected chi connectivity index (χ3v) is 2.28. The van der Waals surface area contributed by atoms with Crippen LogP contribution in [0.25, 0.3) is 5.57 Å². The van der Waals surface area contributed by atoms with Gasteiger partial charge in [-0.3, -0.25) is 5.10 Å². The van der Waals surface area contributed by atoms with Gasteiger partial charge in [0.25, 0.3) is 0 Å². The van der Waals surface area contributed by atoms with Gasteiger partial charge in [0.2, 0.25) is 0 Å². The van der Waals surface area contributed by atoms with Gasteiger partial charge in [0.05, 0.1) is 5.69 Å². The van der Waals surface area contributed by atoms with Crippen LogP contribution in [0.3, 0.4) is 0 Å². The van der Waals surface area contributed by atoms with Gasteiger partial charge in [-0.05, 0) is 24.1 Å². The highest BCUT2D eigenvalue weighted by molar-refractivity contribution is 5.77. The van der Waals surface area contributed by atoms with Gasteiger partial charge in [-0.2, -0.15) is 5.10 Å². The van der Waals surface area contributed by atoms with Crippen LogP contribution in [0.15, 0.2) is 43.1 Å². The average Bonchev–Trinajstić information content (AvgIpc) is 2.70. The standard InChI is InChI=1S/C12H12N2/c1-9-5-3-4-6-11(9)10(2)12-7-8-13-14-12/h3-8H,2H2,1H3,(H,13,14). The van der Waals surface area contributed by atoms with Gasteiger partial charge >= 0.3 is 0 Å². The fraction of sp³-hybridized carbons (Fsp3) is 0.0833. The molecule has 0 aliphatic heterocycles. The summed E-state index contributed by atoms with van der Waals surface area (Å²) in [4.78, 5) is 0. The van der Waals surface area contributed by atoms with E-state index in [9.17, 15) is 0 Å². The summed E-state index contributed by atoms with van der Waals surface area (Å²) in [5.41, 5.74) is 4.24. The van der Waals surface area contributed by atoms with Crippen molar-refractivity contribution in [1.29, 1.82) is 0 Å². The molecule has 0 atom stereocenters. The van der Waals surface area contributed by atoms with Crippen LogP contribution in [0, 0.1) is 6.92 Å². The minimum absolute atomic E-state index is 0.902. The quantitative estimate of drug-likeness (QED) is 0.763. The fourth-order valence-corrected chi connectivity index (χ4v) is 1.48. The van der Waals surface area contributed by atoms with Crippen LogP contribution in [-0.2, 0) is 0 Å². The van der Waals surface area contributed by atoms with Gasteiger partial charge in [-0.1, -0.05) is 30.8 Å². The second-order valence-electron chi connectivity index (χ2n) is 3.25. The van der Waals surface area contributed by atoms with Crippen LogP contribution in [0.5, 0.6) is 0 Å². The topological polar surface area (TPSA) is 28.7 Å². The van der Waals surface area contributed by atoms with Crippen molar-refractivity contribution in [2.45, 2.75) is 6.92 Å². The first-order valence-corrected chi connectivity index (χ1v) is 4.54. The Balaban J connectivity index is 2.42. The number of aryl methyl sites for hydroxylation is 1. The highest BCUT2D eigenvalue weighted by Crippen LogP contribution is 2.21. The van der Waals surface area contributed by atoms with E-state index in [-0.39, 0.29) is 0 Å². The van der Waals surface area contributed by atoms with Crippen molar-refractivity contribution in [2.75, 3.05) is 0 Å². The number of rotatable bonds is 2. The first-order valence-electron chi connectivity index (χ1n) is 4.54. The van der Waals surface area contributed by atoms with Crippen LogP contribution < -0.4 is 0 Å². The zero-order chi connectivity index (χ0) is 9.97. The first-order chi connectivity index (χ1) is 6.79. The molecule has 1 aromatic carbocycles. The predicted molar refractivity (Wildman–Crippen MR) is 57.9 cm³/mol. The van der Waals surface area contributed by atoms with Gasteiger partial charge in [-0.25, -0.2) is 0 Å². The molecule has 0 unspecified atom stereocenters. The number of aromatic amines is 1. The molecule has 0 bridgehead atoms. The van der Waals surface area contributed by atoms with E-state index in [1.165, 1.54) is 5.56 Å². The molecule has 1 aromatic heterocycles. The Morgan fingerprint density at radius 2 is 2.07 bits per heavy atom. The SMILES string of the molecule is C=C(c1cc[nH]n1)c1ccccc1C. The Bertz CT molecular complexity index is 441. The van der Waals surface area contributed by atoms with Crippen LogP contribution in [-0.4, -0.2) is 10.2 Å². The average molecular weight is 184 g/mol. The fourth-order valence-electron chi connectivity index (χ4n) is 1.48. The maximum Gasteiger partial charge on any atom is 0.0920 e. The monoisotopic (exact) mass is 184 g/mol. The summed E-state index contributed by atoms with van der Waals surface area (Å²) in [6.07, 6.45) is 1.80. The second-order valence-corrected chi connectivity index (χ2v) is 3.25. The molecule has 2 heteroatoms. The third kappa shape index (κ3) is 1.46. The number of nitrogens with zero attached hydrogens (tertiary/aromatic N) is 1. The molecule has 0 amide bonds. The zero-order valence-electron chi connectivity index (χ0n) is 8.12. The number of aromatic nitrogens is 2. The van der Waals surface area contributed by atoms with Crippen molar-refractivity contribution in [3.8, 4) is 0 Å². The van der Waals surface area contributed by atoms with Crippen molar-refractivity contribution in [1.82, 2.24) is 10.2 Å². The van der Waals surface area contributed by atoms with Crippen LogP contribution in [0.4, 0.5) is 0 Å². The van der Waals surface area contributed by atoms with Crippen LogP contribution in [0.2, 0.25) is 0 Å². The summed E-state index contributed by atoms with van der Waals surface area (Å²) in [7, 11) is 0. The zero-order valence-corrected chi connectivity index (χ0v) is 8.12. The van der Waals surface area contributed by atoms with Crippen LogP contribution >= 0.6 is 0 Å². The molecule has 1 N–H and O–H groups in total. The number of nitrogens with one attached hydrogen (secondary N) is 1. The van der Waals surface area contributed by atoms with Crippen LogP contribution in [0.1, 0.15) is 16.8 Å². The summed E-state index contributed by atoms with van der Waals surface area (Å²) in [6, 6.07) is 10.1. The molecule has 2 nitrogen and oxygen atoms in total. The normalized spacial score (nSPS) is 10.1. The molecule has 0 saturated heterocycles. The summed E-state index contributed by atoms with van der Waals surface area (Å²) in [6.45, 7) is 6.12. The minimum Gasteiger partial charge on any atom is -0.285 e. The van der Waals surface area contributed by atoms with Gasteiger partial charge in [0, 0.05) is 11.8 Å². The van der Waals surface area contributed by atoms with Crippen molar-refractivity contribution in [3.63, 3.8) is 0 Å². The number of benzene rings is 1. The number of H-pyrrole nitrogens is 1. The molecule has 0 saturated carbocycles. The molecule has 0 fully saturated rings. The highest BCUT2D eigenvalue weighted by atomic mass is 15.1. The van der Waals surface area contributed by atoms with Crippen molar-refractivity contribution in [2.24, 2.45) is 0 Å². The van der Waals surface area contributed by atoms with E-state index in [0.717, 1.165) is 16.8 Å². The lowest BCUT2D eigenvalue weighted by atomic mass is 10.00. The second kappa shape index (κ2) is 3.50. The molecule has 2 aromatic rings. The van der Waals surface area contributed by atoms with E-state index < -0.39 is 0 Å². The predicted octanol–water partition coefficient (Wildman–Crippen LogP) is 2.78. The van der Waals surface area contributed by atoms with Crippen molar-refractivity contribution >= 4 is 5.57 Å².